The first-order valence-corrected chi connectivity index (χ1v) is 9.20. The van der Waals surface area contributed by atoms with Gasteiger partial charge in [0, 0.05) is 11.7 Å². The van der Waals surface area contributed by atoms with Crippen molar-refractivity contribution in [3.63, 3.8) is 0 Å². The molecular formula is C22H30N2O2. The number of carbonyl (C=O) groups is 1. The molecule has 2 N–H and O–H groups in total. The van der Waals surface area contributed by atoms with Crippen molar-refractivity contribution in [3.05, 3.63) is 59.2 Å². The third kappa shape index (κ3) is 5.80. The van der Waals surface area contributed by atoms with E-state index in [1.807, 2.05) is 26.0 Å². The van der Waals surface area contributed by atoms with E-state index in [-0.39, 0.29) is 12.1 Å². The summed E-state index contributed by atoms with van der Waals surface area (Å²) in [5.74, 6) is 1.29. The normalized spacial score (nSPS) is 11.9. The monoisotopic (exact) mass is 354 g/mol. The molecule has 0 aliphatic carbocycles. The fraction of sp³-hybridized carbons (Fsp3) is 0.409. The quantitative estimate of drug-likeness (QED) is 0.711. The van der Waals surface area contributed by atoms with E-state index >= 15 is 0 Å². The highest BCUT2D eigenvalue weighted by Crippen LogP contribution is 2.22. The van der Waals surface area contributed by atoms with Gasteiger partial charge in [-0.15, -0.1) is 0 Å². The Morgan fingerprint density at radius 3 is 2.38 bits per heavy atom. The number of rotatable bonds is 7. The van der Waals surface area contributed by atoms with Crippen LogP contribution < -0.4 is 15.4 Å². The van der Waals surface area contributed by atoms with Gasteiger partial charge >= 0.3 is 6.03 Å². The van der Waals surface area contributed by atoms with Crippen LogP contribution in [0.15, 0.2) is 42.5 Å². The molecule has 0 spiro atoms. The lowest BCUT2D eigenvalue weighted by Gasteiger charge is -2.17. The van der Waals surface area contributed by atoms with Crippen LogP contribution in [-0.4, -0.2) is 19.2 Å². The first-order valence-electron chi connectivity index (χ1n) is 9.20. The van der Waals surface area contributed by atoms with Crippen LogP contribution in [0.2, 0.25) is 0 Å². The lowest BCUT2D eigenvalue weighted by Crippen LogP contribution is -2.36. The Morgan fingerprint density at radius 2 is 1.77 bits per heavy atom. The van der Waals surface area contributed by atoms with Gasteiger partial charge in [-0.2, -0.15) is 0 Å². The summed E-state index contributed by atoms with van der Waals surface area (Å²) in [4.78, 5) is 12.3. The zero-order chi connectivity index (χ0) is 19.1. The molecule has 0 aromatic heterocycles. The zero-order valence-corrected chi connectivity index (χ0v) is 16.4. The minimum atomic E-state index is -0.156. The van der Waals surface area contributed by atoms with Crippen molar-refractivity contribution in [2.45, 2.75) is 52.5 Å². The van der Waals surface area contributed by atoms with Crippen molar-refractivity contribution in [2.24, 2.45) is 0 Å². The standard InChI is InChI=1S/C22H30N2O2/c1-15(2)19-11-6-16(3)21(14-19)24-22(25)23-17(4)7-8-18-9-12-20(26-5)13-10-18/h6,9-15,17H,7-8H2,1-5H3,(H2,23,24,25). The van der Waals surface area contributed by atoms with E-state index in [1.54, 1.807) is 7.11 Å². The number of hydrogen-bond donors (Lipinski definition) is 2. The summed E-state index contributed by atoms with van der Waals surface area (Å²) in [6.45, 7) is 8.33. The van der Waals surface area contributed by atoms with Crippen LogP contribution in [0.4, 0.5) is 10.5 Å². The molecule has 0 aliphatic rings. The van der Waals surface area contributed by atoms with Gasteiger partial charge in [0.1, 0.15) is 5.75 Å². The summed E-state index contributed by atoms with van der Waals surface area (Å²) in [5, 5.41) is 6.01. The summed E-state index contributed by atoms with van der Waals surface area (Å²) in [6.07, 6.45) is 1.79. The number of nitrogens with one attached hydrogen (secondary N) is 2. The number of aryl methyl sites for hydroxylation is 2. The third-order valence-electron chi connectivity index (χ3n) is 4.58. The molecule has 0 saturated heterocycles. The second-order valence-electron chi connectivity index (χ2n) is 7.12. The third-order valence-corrected chi connectivity index (χ3v) is 4.58. The van der Waals surface area contributed by atoms with E-state index in [0.29, 0.717) is 5.92 Å². The number of carbonyl (C=O) groups excluding carboxylic acids is 1. The predicted molar refractivity (Wildman–Crippen MR) is 108 cm³/mol. The minimum Gasteiger partial charge on any atom is -0.497 e. The molecule has 2 rings (SSSR count). The lowest BCUT2D eigenvalue weighted by atomic mass is 10.0. The Bertz CT molecular complexity index is 723. The van der Waals surface area contributed by atoms with Crippen LogP contribution in [0, 0.1) is 6.92 Å². The van der Waals surface area contributed by atoms with Crippen molar-refractivity contribution in [2.75, 3.05) is 12.4 Å². The Hall–Kier alpha value is -2.49. The van der Waals surface area contributed by atoms with Crippen LogP contribution in [-0.2, 0) is 6.42 Å². The number of hydrogen-bond acceptors (Lipinski definition) is 2. The molecule has 0 heterocycles. The van der Waals surface area contributed by atoms with Gasteiger partial charge in [0.25, 0.3) is 0 Å². The van der Waals surface area contributed by atoms with Gasteiger partial charge in [-0.3, -0.25) is 0 Å². The lowest BCUT2D eigenvalue weighted by molar-refractivity contribution is 0.248. The van der Waals surface area contributed by atoms with E-state index in [2.05, 4.69) is 54.8 Å². The van der Waals surface area contributed by atoms with E-state index in [0.717, 1.165) is 29.8 Å². The van der Waals surface area contributed by atoms with Crippen LogP contribution in [0.3, 0.4) is 0 Å². The highest BCUT2D eigenvalue weighted by molar-refractivity contribution is 5.90. The highest BCUT2D eigenvalue weighted by Gasteiger charge is 2.10. The molecule has 2 aromatic rings. The average Bonchev–Trinajstić information content (AvgIpc) is 2.62. The predicted octanol–water partition coefficient (Wildman–Crippen LogP) is 5.27. The van der Waals surface area contributed by atoms with Crippen molar-refractivity contribution in [1.82, 2.24) is 5.32 Å². The topological polar surface area (TPSA) is 50.4 Å². The molecule has 1 atom stereocenters. The van der Waals surface area contributed by atoms with Gasteiger partial charge in [-0.1, -0.05) is 38.1 Å². The molecule has 26 heavy (non-hydrogen) atoms. The van der Waals surface area contributed by atoms with Crippen LogP contribution in [0.5, 0.6) is 5.75 Å². The van der Waals surface area contributed by atoms with Gasteiger partial charge < -0.3 is 15.4 Å². The fourth-order valence-corrected chi connectivity index (χ4v) is 2.76. The zero-order valence-electron chi connectivity index (χ0n) is 16.4. The van der Waals surface area contributed by atoms with E-state index < -0.39 is 0 Å². The number of benzene rings is 2. The maximum atomic E-state index is 12.3. The smallest absolute Gasteiger partial charge is 0.319 e. The Balaban J connectivity index is 1.85. The molecule has 4 nitrogen and oxygen atoms in total. The molecule has 0 aliphatic heterocycles. The van der Waals surface area contributed by atoms with Gasteiger partial charge in [-0.05, 0) is 67.5 Å². The largest absolute Gasteiger partial charge is 0.497 e. The first kappa shape index (κ1) is 19.8. The maximum Gasteiger partial charge on any atom is 0.319 e. The average molecular weight is 354 g/mol. The maximum absolute atomic E-state index is 12.3. The van der Waals surface area contributed by atoms with Gasteiger partial charge in [0.15, 0.2) is 0 Å². The van der Waals surface area contributed by atoms with Crippen molar-refractivity contribution in [3.8, 4) is 5.75 Å². The van der Waals surface area contributed by atoms with Gasteiger partial charge in [0.2, 0.25) is 0 Å². The number of ether oxygens (including phenoxy) is 1. The molecule has 0 fully saturated rings. The first-order chi connectivity index (χ1) is 12.4. The molecule has 0 saturated carbocycles. The van der Waals surface area contributed by atoms with Crippen molar-refractivity contribution < 1.29 is 9.53 Å². The number of urea groups is 1. The summed E-state index contributed by atoms with van der Waals surface area (Å²) < 4.78 is 5.17. The van der Waals surface area contributed by atoms with Crippen LogP contribution in [0.1, 0.15) is 49.8 Å². The number of amides is 2. The SMILES string of the molecule is COc1ccc(CCC(C)NC(=O)Nc2cc(C(C)C)ccc2C)cc1. The van der Waals surface area contributed by atoms with E-state index in [4.69, 9.17) is 4.74 Å². The Morgan fingerprint density at radius 1 is 1.08 bits per heavy atom. The van der Waals surface area contributed by atoms with E-state index in [9.17, 15) is 4.79 Å². The van der Waals surface area contributed by atoms with Gasteiger partial charge in [-0.25, -0.2) is 4.79 Å². The summed E-state index contributed by atoms with van der Waals surface area (Å²) in [6, 6.07) is 14.2. The highest BCUT2D eigenvalue weighted by atomic mass is 16.5. The Labute approximate surface area is 157 Å². The van der Waals surface area contributed by atoms with Crippen molar-refractivity contribution >= 4 is 11.7 Å². The molecule has 1 unspecified atom stereocenters. The summed E-state index contributed by atoms with van der Waals surface area (Å²) >= 11 is 0. The summed E-state index contributed by atoms with van der Waals surface area (Å²) in [7, 11) is 1.66. The van der Waals surface area contributed by atoms with Crippen LogP contribution >= 0.6 is 0 Å². The van der Waals surface area contributed by atoms with Crippen LogP contribution in [0.25, 0.3) is 0 Å². The Kier molecular flexibility index (Phi) is 7.07. The molecular weight excluding hydrogens is 324 g/mol. The summed E-state index contributed by atoms with van der Waals surface area (Å²) in [5.41, 5.74) is 4.39. The molecule has 140 valence electrons. The van der Waals surface area contributed by atoms with Gasteiger partial charge in [0.05, 0.1) is 7.11 Å². The second kappa shape index (κ2) is 9.27. The molecule has 0 bridgehead atoms. The number of methoxy groups -OCH3 is 1. The fourth-order valence-electron chi connectivity index (χ4n) is 2.76. The van der Waals surface area contributed by atoms with E-state index in [1.165, 1.54) is 11.1 Å². The number of anilines is 1. The molecule has 4 heteroatoms. The molecule has 0 radical (unpaired) electrons. The van der Waals surface area contributed by atoms with Crippen molar-refractivity contribution in [1.29, 1.82) is 0 Å². The molecule has 2 aromatic carbocycles. The minimum absolute atomic E-state index is 0.0886. The second-order valence-corrected chi connectivity index (χ2v) is 7.12. The molecule has 2 amide bonds.